The van der Waals surface area contributed by atoms with Crippen LogP contribution in [0, 0.1) is 5.41 Å². The second-order valence-electron chi connectivity index (χ2n) is 3.85. The first-order valence-corrected chi connectivity index (χ1v) is 6.01. The van der Waals surface area contributed by atoms with Crippen molar-refractivity contribution in [1.82, 2.24) is 9.88 Å². The average molecular weight is 249 g/mol. The maximum atomic E-state index is 9.98. The van der Waals surface area contributed by atoms with E-state index in [0.717, 1.165) is 45.6 Å². The zero-order valence-electron chi connectivity index (χ0n) is 10.4. The molecule has 0 bridgehead atoms. The van der Waals surface area contributed by atoms with Crippen LogP contribution in [0.2, 0.25) is 0 Å². The van der Waals surface area contributed by atoms with Crippen molar-refractivity contribution in [3.8, 4) is 0 Å². The second-order valence-corrected chi connectivity index (χ2v) is 3.85. The smallest absolute Gasteiger partial charge is 0.150 e. The van der Waals surface area contributed by atoms with Gasteiger partial charge in [0.1, 0.15) is 6.29 Å². The molecule has 0 amide bonds. The van der Waals surface area contributed by atoms with E-state index in [2.05, 4.69) is 9.88 Å². The van der Waals surface area contributed by atoms with Gasteiger partial charge < -0.3 is 10.1 Å². The molecule has 0 unspecified atom stereocenters. The number of ether oxygens (including phenoxy) is 1. The predicted octanol–water partition coefficient (Wildman–Crippen LogP) is 1.25. The normalized spacial score (nSPS) is 15.3. The fourth-order valence-corrected chi connectivity index (χ4v) is 1.51. The number of nitrogens with one attached hydrogen (secondary N) is 1. The van der Waals surface area contributed by atoms with Crippen molar-refractivity contribution < 1.29 is 9.53 Å². The third kappa shape index (κ3) is 6.22. The number of hydrogen-bond donors (Lipinski definition) is 1. The van der Waals surface area contributed by atoms with E-state index < -0.39 is 0 Å². The Morgan fingerprint density at radius 3 is 2.50 bits per heavy atom. The number of carbonyl (C=O) groups excluding carboxylic acids is 1. The topological polar surface area (TPSA) is 66.3 Å². The molecule has 5 heteroatoms. The van der Waals surface area contributed by atoms with E-state index in [1.165, 1.54) is 6.21 Å². The Balaban J connectivity index is 0.000000184. The lowest BCUT2D eigenvalue weighted by atomic mass is 10.3. The molecule has 1 aromatic rings. The number of nitrogens with zero attached hydrogens (tertiary/aromatic N) is 2. The molecule has 1 fully saturated rings. The SMILES string of the molecule is N=CCCN1CCOCC1.O=Cc1ccncc1. The minimum atomic E-state index is 0.667. The van der Waals surface area contributed by atoms with Crippen molar-refractivity contribution in [2.24, 2.45) is 0 Å². The third-order valence-corrected chi connectivity index (χ3v) is 2.54. The Kier molecular flexibility index (Phi) is 7.59. The van der Waals surface area contributed by atoms with Crippen molar-refractivity contribution >= 4 is 12.5 Å². The van der Waals surface area contributed by atoms with Crippen LogP contribution in [0.4, 0.5) is 0 Å². The molecular formula is C13H19N3O2. The molecule has 0 aliphatic carbocycles. The molecule has 0 spiro atoms. The number of hydrogen-bond acceptors (Lipinski definition) is 5. The van der Waals surface area contributed by atoms with Gasteiger partial charge in [-0.2, -0.15) is 0 Å². The fourth-order valence-electron chi connectivity index (χ4n) is 1.51. The summed E-state index contributed by atoms with van der Waals surface area (Å²) in [6, 6.07) is 3.32. The van der Waals surface area contributed by atoms with Crippen LogP contribution < -0.4 is 0 Å². The summed E-state index contributed by atoms with van der Waals surface area (Å²) in [5, 5.41) is 6.84. The van der Waals surface area contributed by atoms with Gasteiger partial charge in [0, 0.05) is 37.6 Å². The van der Waals surface area contributed by atoms with Crippen LogP contribution in [0.15, 0.2) is 24.5 Å². The van der Waals surface area contributed by atoms with Gasteiger partial charge in [0.2, 0.25) is 0 Å². The van der Waals surface area contributed by atoms with Crippen LogP contribution >= 0.6 is 0 Å². The van der Waals surface area contributed by atoms with Gasteiger partial charge >= 0.3 is 0 Å². The van der Waals surface area contributed by atoms with E-state index in [0.29, 0.717) is 5.56 Å². The van der Waals surface area contributed by atoms with Gasteiger partial charge in [-0.1, -0.05) is 0 Å². The molecule has 98 valence electrons. The van der Waals surface area contributed by atoms with E-state index in [1.54, 1.807) is 24.5 Å². The summed E-state index contributed by atoms with van der Waals surface area (Å²) in [5.74, 6) is 0. The summed E-state index contributed by atoms with van der Waals surface area (Å²) in [7, 11) is 0. The molecule has 0 atom stereocenters. The fraction of sp³-hybridized carbons (Fsp3) is 0.462. The molecule has 1 aliphatic heterocycles. The Morgan fingerprint density at radius 2 is 2.00 bits per heavy atom. The van der Waals surface area contributed by atoms with Gasteiger partial charge in [0.15, 0.2) is 0 Å². The number of pyridine rings is 1. The van der Waals surface area contributed by atoms with Crippen LogP contribution in [0.3, 0.4) is 0 Å². The summed E-state index contributed by atoms with van der Waals surface area (Å²) in [6.45, 7) is 4.81. The summed E-state index contributed by atoms with van der Waals surface area (Å²) in [6.07, 6.45) is 6.31. The lowest BCUT2D eigenvalue weighted by molar-refractivity contribution is 0.0393. The van der Waals surface area contributed by atoms with E-state index in [4.69, 9.17) is 10.1 Å². The lowest BCUT2D eigenvalue weighted by Crippen LogP contribution is -2.36. The van der Waals surface area contributed by atoms with Gasteiger partial charge in [-0.25, -0.2) is 0 Å². The highest BCUT2D eigenvalue weighted by Gasteiger charge is 2.07. The Hall–Kier alpha value is -1.59. The first-order valence-electron chi connectivity index (χ1n) is 6.01. The predicted molar refractivity (Wildman–Crippen MR) is 70.3 cm³/mol. The van der Waals surface area contributed by atoms with E-state index >= 15 is 0 Å². The zero-order valence-corrected chi connectivity index (χ0v) is 10.4. The molecule has 1 N–H and O–H groups in total. The molecule has 2 rings (SSSR count). The monoisotopic (exact) mass is 249 g/mol. The van der Waals surface area contributed by atoms with E-state index in [1.807, 2.05) is 0 Å². The first kappa shape index (κ1) is 14.5. The highest BCUT2D eigenvalue weighted by atomic mass is 16.5. The van der Waals surface area contributed by atoms with Gasteiger partial charge in [-0.05, 0) is 24.8 Å². The summed E-state index contributed by atoms with van der Waals surface area (Å²) < 4.78 is 5.18. The molecule has 0 radical (unpaired) electrons. The Bertz CT molecular complexity index is 337. The Labute approximate surface area is 107 Å². The van der Waals surface area contributed by atoms with E-state index in [-0.39, 0.29) is 0 Å². The van der Waals surface area contributed by atoms with Gasteiger partial charge in [-0.3, -0.25) is 14.7 Å². The van der Waals surface area contributed by atoms with Gasteiger partial charge in [-0.15, -0.1) is 0 Å². The molecule has 0 saturated carbocycles. The van der Waals surface area contributed by atoms with Crippen LogP contribution in [0.5, 0.6) is 0 Å². The molecule has 0 aromatic carbocycles. The Morgan fingerprint density at radius 1 is 1.33 bits per heavy atom. The van der Waals surface area contributed by atoms with Crippen LogP contribution in [-0.2, 0) is 4.74 Å². The molecule has 1 saturated heterocycles. The minimum Gasteiger partial charge on any atom is -0.379 e. The molecule has 1 aliphatic rings. The molecular weight excluding hydrogens is 230 g/mol. The standard InChI is InChI=1S/C7H14N2O.C6H5NO/c8-2-1-3-9-4-6-10-7-5-9;8-5-6-1-3-7-4-2-6/h2,8H,1,3-7H2;1-5H. The number of rotatable bonds is 4. The largest absolute Gasteiger partial charge is 0.379 e. The summed E-state index contributed by atoms with van der Waals surface area (Å²) >= 11 is 0. The van der Waals surface area contributed by atoms with Gasteiger partial charge in [0.25, 0.3) is 0 Å². The number of aldehydes is 1. The van der Waals surface area contributed by atoms with Crippen molar-refractivity contribution in [2.45, 2.75) is 6.42 Å². The maximum Gasteiger partial charge on any atom is 0.150 e. The van der Waals surface area contributed by atoms with Crippen LogP contribution in [-0.4, -0.2) is 55.2 Å². The lowest BCUT2D eigenvalue weighted by Gasteiger charge is -2.25. The quantitative estimate of drug-likeness (QED) is 0.644. The van der Waals surface area contributed by atoms with Crippen molar-refractivity contribution in [2.75, 3.05) is 32.8 Å². The first-order chi connectivity index (χ1) is 8.86. The van der Waals surface area contributed by atoms with Gasteiger partial charge in [0.05, 0.1) is 13.2 Å². The van der Waals surface area contributed by atoms with Crippen LogP contribution in [0.25, 0.3) is 0 Å². The molecule has 18 heavy (non-hydrogen) atoms. The van der Waals surface area contributed by atoms with Crippen molar-refractivity contribution in [3.05, 3.63) is 30.1 Å². The maximum absolute atomic E-state index is 9.98. The number of aromatic nitrogens is 1. The zero-order chi connectivity index (χ0) is 13.1. The summed E-state index contributed by atoms with van der Waals surface area (Å²) in [4.78, 5) is 16.0. The number of morpholine rings is 1. The van der Waals surface area contributed by atoms with Crippen LogP contribution in [0.1, 0.15) is 16.8 Å². The van der Waals surface area contributed by atoms with Crippen molar-refractivity contribution in [3.63, 3.8) is 0 Å². The molecule has 1 aromatic heterocycles. The van der Waals surface area contributed by atoms with E-state index in [9.17, 15) is 4.79 Å². The number of carbonyl (C=O) groups is 1. The average Bonchev–Trinajstić information content (AvgIpc) is 2.48. The molecule has 5 nitrogen and oxygen atoms in total. The highest BCUT2D eigenvalue weighted by molar-refractivity contribution is 5.73. The third-order valence-electron chi connectivity index (χ3n) is 2.54. The molecule has 2 heterocycles. The second kappa shape index (κ2) is 9.44. The summed E-state index contributed by atoms with van der Waals surface area (Å²) in [5.41, 5.74) is 0.667. The van der Waals surface area contributed by atoms with Crippen molar-refractivity contribution in [1.29, 1.82) is 5.41 Å². The minimum absolute atomic E-state index is 0.667. The highest BCUT2D eigenvalue weighted by Crippen LogP contribution is 1.96.